The average Bonchev–Trinajstić information content (AvgIpc) is 2.82. The molecule has 2 aliphatic heterocycles. The molecule has 2 unspecified atom stereocenters. The van der Waals surface area contributed by atoms with Gasteiger partial charge in [-0.1, -0.05) is 30.3 Å². The number of ether oxygens (including phenoxy) is 1. The lowest BCUT2D eigenvalue weighted by atomic mass is 9.89. The van der Waals surface area contributed by atoms with Gasteiger partial charge in [0.2, 0.25) is 0 Å². The second-order valence-corrected chi connectivity index (χ2v) is 8.10. The Balaban J connectivity index is 1.34. The van der Waals surface area contributed by atoms with Crippen LogP contribution >= 0.6 is 0 Å². The zero-order valence-electron chi connectivity index (χ0n) is 17.9. The van der Waals surface area contributed by atoms with Gasteiger partial charge in [-0.2, -0.15) is 0 Å². The normalized spacial score (nSPS) is 22.5. The molecule has 2 fully saturated rings. The van der Waals surface area contributed by atoms with E-state index in [2.05, 4.69) is 39.5 Å². The lowest BCUT2D eigenvalue weighted by Crippen LogP contribution is -2.53. The highest BCUT2D eigenvalue weighted by Gasteiger charge is 2.28. The third kappa shape index (κ3) is 5.15. The van der Waals surface area contributed by atoms with Crippen LogP contribution in [-0.2, 0) is 4.74 Å². The summed E-state index contributed by atoms with van der Waals surface area (Å²) < 4.78 is 33.8. The summed E-state index contributed by atoms with van der Waals surface area (Å²) in [5.74, 6) is 0.410. The summed E-state index contributed by atoms with van der Waals surface area (Å²) >= 11 is 0. The first-order valence-corrected chi connectivity index (χ1v) is 11.0. The SMILES string of the molecule is CN=C(NCC1CCCOC1c1ccccc1)N1CCN(c2cc(F)ccc2F)CC1. The van der Waals surface area contributed by atoms with Gasteiger partial charge >= 0.3 is 0 Å². The smallest absolute Gasteiger partial charge is 0.193 e. The van der Waals surface area contributed by atoms with Crippen LogP contribution in [0.1, 0.15) is 24.5 Å². The molecule has 5 nitrogen and oxygen atoms in total. The molecule has 0 bridgehead atoms. The molecule has 0 amide bonds. The van der Waals surface area contributed by atoms with Crippen LogP contribution in [0, 0.1) is 17.6 Å². The van der Waals surface area contributed by atoms with Crippen LogP contribution in [0.25, 0.3) is 0 Å². The molecule has 0 saturated carbocycles. The third-order valence-electron chi connectivity index (χ3n) is 6.14. The van der Waals surface area contributed by atoms with Gasteiger partial charge in [0.05, 0.1) is 11.8 Å². The van der Waals surface area contributed by atoms with E-state index in [1.54, 1.807) is 7.05 Å². The summed E-state index contributed by atoms with van der Waals surface area (Å²) in [6.07, 6.45) is 2.26. The number of rotatable bonds is 4. The maximum atomic E-state index is 14.1. The monoisotopic (exact) mass is 428 g/mol. The standard InChI is InChI=1S/C24H30F2N4O/c1-27-24(28-17-19-8-5-15-31-23(19)18-6-3-2-4-7-18)30-13-11-29(12-14-30)22-16-20(25)9-10-21(22)26/h2-4,6-7,9-10,16,19,23H,5,8,11-15,17H2,1H3,(H,27,28). The van der Waals surface area contributed by atoms with E-state index in [-0.39, 0.29) is 11.9 Å². The fraction of sp³-hybridized carbons (Fsp3) is 0.458. The molecule has 2 aliphatic rings. The molecule has 2 heterocycles. The minimum atomic E-state index is -0.418. The van der Waals surface area contributed by atoms with Gasteiger partial charge in [0.15, 0.2) is 5.96 Å². The quantitative estimate of drug-likeness (QED) is 0.594. The number of aliphatic imine (C=N–C) groups is 1. The van der Waals surface area contributed by atoms with Gasteiger partial charge in [0.25, 0.3) is 0 Å². The number of anilines is 1. The molecule has 0 aromatic heterocycles. The first-order valence-electron chi connectivity index (χ1n) is 11.0. The van der Waals surface area contributed by atoms with Crippen LogP contribution in [0.4, 0.5) is 14.5 Å². The van der Waals surface area contributed by atoms with E-state index in [0.29, 0.717) is 37.8 Å². The van der Waals surface area contributed by atoms with Gasteiger partial charge in [0, 0.05) is 58.4 Å². The lowest BCUT2D eigenvalue weighted by molar-refractivity contribution is -0.0266. The predicted octanol–water partition coefficient (Wildman–Crippen LogP) is 3.83. The second-order valence-electron chi connectivity index (χ2n) is 8.10. The molecular formula is C24H30F2N4O. The first-order chi connectivity index (χ1) is 15.2. The maximum Gasteiger partial charge on any atom is 0.193 e. The van der Waals surface area contributed by atoms with Crippen molar-refractivity contribution in [3.05, 3.63) is 65.7 Å². The number of nitrogens with one attached hydrogen (secondary N) is 1. The van der Waals surface area contributed by atoms with Gasteiger partial charge in [-0.15, -0.1) is 0 Å². The summed E-state index contributed by atoms with van der Waals surface area (Å²) in [6, 6.07) is 14.0. The lowest BCUT2D eigenvalue weighted by Gasteiger charge is -2.38. The molecule has 2 saturated heterocycles. The Morgan fingerprint density at radius 1 is 1.10 bits per heavy atom. The van der Waals surface area contributed by atoms with E-state index in [1.165, 1.54) is 17.7 Å². The van der Waals surface area contributed by atoms with Gasteiger partial charge in [-0.25, -0.2) is 8.78 Å². The fourth-order valence-electron chi connectivity index (χ4n) is 4.51. The number of halogens is 2. The van der Waals surface area contributed by atoms with E-state index < -0.39 is 5.82 Å². The summed E-state index contributed by atoms with van der Waals surface area (Å²) in [4.78, 5) is 8.53. The Labute approximate surface area is 182 Å². The van der Waals surface area contributed by atoms with Gasteiger partial charge in [-0.05, 0) is 30.5 Å². The molecule has 7 heteroatoms. The van der Waals surface area contributed by atoms with E-state index in [0.717, 1.165) is 38.0 Å². The highest BCUT2D eigenvalue weighted by molar-refractivity contribution is 5.80. The topological polar surface area (TPSA) is 40.1 Å². The molecule has 31 heavy (non-hydrogen) atoms. The third-order valence-corrected chi connectivity index (χ3v) is 6.14. The summed E-state index contributed by atoms with van der Waals surface area (Å²) in [7, 11) is 1.78. The van der Waals surface area contributed by atoms with E-state index in [4.69, 9.17) is 4.74 Å². The van der Waals surface area contributed by atoms with Crippen molar-refractivity contribution in [2.45, 2.75) is 18.9 Å². The van der Waals surface area contributed by atoms with Crippen LogP contribution in [0.3, 0.4) is 0 Å². The molecule has 2 aromatic rings. The fourth-order valence-corrected chi connectivity index (χ4v) is 4.51. The number of nitrogens with zero attached hydrogens (tertiary/aromatic N) is 3. The number of piperazine rings is 1. The van der Waals surface area contributed by atoms with Crippen LogP contribution in [0.5, 0.6) is 0 Å². The summed E-state index contributed by atoms with van der Waals surface area (Å²) in [6.45, 7) is 4.19. The van der Waals surface area contributed by atoms with Gasteiger partial charge in [0.1, 0.15) is 11.6 Å². The minimum absolute atomic E-state index is 0.0911. The van der Waals surface area contributed by atoms with Gasteiger partial charge in [-0.3, -0.25) is 4.99 Å². The van der Waals surface area contributed by atoms with Gasteiger partial charge < -0.3 is 19.9 Å². The molecule has 0 aliphatic carbocycles. The van der Waals surface area contributed by atoms with Crippen molar-refractivity contribution < 1.29 is 13.5 Å². The molecule has 1 N–H and O–H groups in total. The van der Waals surface area contributed by atoms with Crippen molar-refractivity contribution in [1.82, 2.24) is 10.2 Å². The van der Waals surface area contributed by atoms with Crippen molar-refractivity contribution >= 4 is 11.6 Å². The number of guanidine groups is 1. The highest BCUT2D eigenvalue weighted by atomic mass is 19.1. The van der Waals surface area contributed by atoms with Crippen LogP contribution in [-0.4, -0.2) is 57.2 Å². The average molecular weight is 429 g/mol. The zero-order chi connectivity index (χ0) is 21.6. The highest BCUT2D eigenvalue weighted by Crippen LogP contribution is 2.33. The summed E-state index contributed by atoms with van der Waals surface area (Å²) in [5, 5.41) is 3.53. The molecule has 0 radical (unpaired) electrons. The molecule has 166 valence electrons. The van der Waals surface area contributed by atoms with Crippen molar-refractivity contribution in [2.75, 3.05) is 51.3 Å². The van der Waals surface area contributed by atoms with E-state index in [1.807, 2.05) is 11.0 Å². The van der Waals surface area contributed by atoms with Crippen molar-refractivity contribution in [3.8, 4) is 0 Å². The Morgan fingerprint density at radius 3 is 2.61 bits per heavy atom. The zero-order valence-corrected chi connectivity index (χ0v) is 17.9. The van der Waals surface area contributed by atoms with Crippen molar-refractivity contribution in [1.29, 1.82) is 0 Å². The number of hydrogen-bond donors (Lipinski definition) is 1. The largest absolute Gasteiger partial charge is 0.373 e. The number of benzene rings is 2. The van der Waals surface area contributed by atoms with Crippen LogP contribution in [0.2, 0.25) is 0 Å². The molecule has 2 atom stereocenters. The van der Waals surface area contributed by atoms with E-state index in [9.17, 15) is 8.78 Å². The summed E-state index contributed by atoms with van der Waals surface area (Å²) in [5.41, 5.74) is 1.54. The Morgan fingerprint density at radius 2 is 1.87 bits per heavy atom. The maximum absolute atomic E-state index is 14.1. The Hall–Kier alpha value is -2.67. The molecule has 0 spiro atoms. The van der Waals surface area contributed by atoms with E-state index >= 15 is 0 Å². The van der Waals surface area contributed by atoms with Crippen molar-refractivity contribution in [3.63, 3.8) is 0 Å². The van der Waals surface area contributed by atoms with Crippen molar-refractivity contribution in [2.24, 2.45) is 10.9 Å². The Bertz CT molecular complexity index is 884. The Kier molecular flexibility index (Phi) is 7.02. The molecular weight excluding hydrogens is 398 g/mol. The van der Waals surface area contributed by atoms with Crippen LogP contribution < -0.4 is 10.2 Å². The first kappa shape index (κ1) is 21.6. The van der Waals surface area contributed by atoms with Crippen LogP contribution in [0.15, 0.2) is 53.5 Å². The number of hydrogen-bond acceptors (Lipinski definition) is 3. The minimum Gasteiger partial charge on any atom is -0.373 e. The predicted molar refractivity (Wildman–Crippen MR) is 119 cm³/mol. The second kappa shape index (κ2) is 10.1. The molecule has 2 aromatic carbocycles. The molecule has 4 rings (SSSR count).